The van der Waals surface area contributed by atoms with Crippen LogP contribution in [0.2, 0.25) is 0 Å². The topological polar surface area (TPSA) is 76.4 Å². The number of hydrogen-bond acceptors (Lipinski definition) is 5. The molecule has 1 aliphatic rings. The van der Waals surface area contributed by atoms with Gasteiger partial charge in [0.1, 0.15) is 0 Å². The summed E-state index contributed by atoms with van der Waals surface area (Å²) in [7, 11) is 1.44. The van der Waals surface area contributed by atoms with Crippen molar-refractivity contribution in [3.8, 4) is 5.75 Å². The van der Waals surface area contributed by atoms with Crippen molar-refractivity contribution >= 4 is 11.4 Å². The minimum Gasteiger partial charge on any atom is -0.490 e. The maximum absolute atomic E-state index is 10.8. The Bertz CT molecular complexity index is 445. The highest BCUT2D eigenvalue weighted by Gasteiger charge is 2.16. The maximum Gasteiger partial charge on any atom is 0.311 e. The number of anilines is 1. The van der Waals surface area contributed by atoms with Crippen LogP contribution in [0.3, 0.4) is 0 Å². The van der Waals surface area contributed by atoms with Gasteiger partial charge < -0.3 is 15.4 Å². The van der Waals surface area contributed by atoms with Gasteiger partial charge in [-0.05, 0) is 37.9 Å². The van der Waals surface area contributed by atoms with Gasteiger partial charge >= 0.3 is 5.69 Å². The van der Waals surface area contributed by atoms with Crippen LogP contribution >= 0.6 is 0 Å². The predicted molar refractivity (Wildman–Crippen MR) is 73.7 cm³/mol. The van der Waals surface area contributed by atoms with Crippen molar-refractivity contribution in [1.82, 2.24) is 5.32 Å². The molecule has 1 heterocycles. The van der Waals surface area contributed by atoms with Crippen molar-refractivity contribution in [3.63, 3.8) is 0 Å². The van der Waals surface area contributed by atoms with Crippen molar-refractivity contribution in [2.24, 2.45) is 5.92 Å². The summed E-state index contributed by atoms with van der Waals surface area (Å²) in [6.45, 7) is 3.06. The van der Waals surface area contributed by atoms with Crippen LogP contribution in [0, 0.1) is 16.0 Å². The Morgan fingerprint density at radius 1 is 1.58 bits per heavy atom. The number of ether oxygens (including phenoxy) is 1. The molecule has 0 aliphatic carbocycles. The summed E-state index contributed by atoms with van der Waals surface area (Å²) in [5, 5.41) is 17.4. The molecule has 19 heavy (non-hydrogen) atoms. The van der Waals surface area contributed by atoms with E-state index >= 15 is 0 Å². The monoisotopic (exact) mass is 265 g/mol. The minimum absolute atomic E-state index is 0.00644. The maximum atomic E-state index is 10.8. The summed E-state index contributed by atoms with van der Waals surface area (Å²) in [5.41, 5.74) is 0.849. The number of hydrogen-bond donors (Lipinski definition) is 2. The van der Waals surface area contributed by atoms with Crippen molar-refractivity contribution < 1.29 is 9.66 Å². The summed E-state index contributed by atoms with van der Waals surface area (Å²) in [6, 6.07) is 4.86. The molecule has 1 aromatic rings. The molecule has 6 heteroatoms. The van der Waals surface area contributed by atoms with Crippen molar-refractivity contribution in [1.29, 1.82) is 0 Å². The van der Waals surface area contributed by atoms with E-state index in [1.165, 1.54) is 19.6 Å². The summed E-state index contributed by atoms with van der Waals surface area (Å²) >= 11 is 0. The summed E-state index contributed by atoms with van der Waals surface area (Å²) in [4.78, 5) is 10.3. The second-order valence-corrected chi connectivity index (χ2v) is 4.72. The number of nitrogens with one attached hydrogen (secondary N) is 2. The SMILES string of the molecule is COc1cc(NCCC2CCNC2)ccc1[N+](=O)[O-]. The first kappa shape index (κ1) is 13.6. The highest BCUT2D eigenvalue weighted by Crippen LogP contribution is 2.29. The van der Waals surface area contributed by atoms with Gasteiger partial charge in [-0.25, -0.2) is 0 Å². The van der Waals surface area contributed by atoms with Gasteiger partial charge in [0.25, 0.3) is 0 Å². The normalized spacial score (nSPS) is 18.3. The first-order valence-electron chi connectivity index (χ1n) is 6.47. The number of nitrogens with zero attached hydrogens (tertiary/aromatic N) is 1. The van der Waals surface area contributed by atoms with E-state index in [4.69, 9.17) is 4.74 Å². The molecule has 1 saturated heterocycles. The van der Waals surface area contributed by atoms with Gasteiger partial charge in [-0.3, -0.25) is 10.1 Å². The number of nitro groups is 1. The van der Waals surface area contributed by atoms with Crippen molar-refractivity contribution in [2.75, 3.05) is 32.1 Å². The third-order valence-corrected chi connectivity index (χ3v) is 3.42. The molecule has 0 saturated carbocycles. The highest BCUT2D eigenvalue weighted by atomic mass is 16.6. The van der Waals surface area contributed by atoms with Crippen LogP contribution in [0.25, 0.3) is 0 Å². The van der Waals surface area contributed by atoms with Crippen LogP contribution in [-0.4, -0.2) is 31.7 Å². The fourth-order valence-corrected chi connectivity index (χ4v) is 2.32. The van der Waals surface area contributed by atoms with Crippen LogP contribution in [-0.2, 0) is 0 Å². The van der Waals surface area contributed by atoms with E-state index in [0.717, 1.165) is 37.7 Å². The molecule has 0 amide bonds. The summed E-state index contributed by atoms with van der Waals surface area (Å²) < 4.78 is 5.04. The molecule has 0 bridgehead atoms. The van der Waals surface area contributed by atoms with Crippen molar-refractivity contribution in [2.45, 2.75) is 12.8 Å². The van der Waals surface area contributed by atoms with E-state index in [9.17, 15) is 10.1 Å². The lowest BCUT2D eigenvalue weighted by molar-refractivity contribution is -0.385. The zero-order chi connectivity index (χ0) is 13.7. The number of rotatable bonds is 6. The Morgan fingerprint density at radius 2 is 2.42 bits per heavy atom. The fraction of sp³-hybridized carbons (Fsp3) is 0.538. The number of methoxy groups -OCH3 is 1. The van der Waals surface area contributed by atoms with E-state index in [0.29, 0.717) is 0 Å². The molecule has 1 atom stereocenters. The van der Waals surface area contributed by atoms with Gasteiger partial charge in [0, 0.05) is 24.4 Å². The molecule has 1 aromatic carbocycles. The van der Waals surface area contributed by atoms with E-state index in [-0.39, 0.29) is 11.4 Å². The zero-order valence-electron chi connectivity index (χ0n) is 11.0. The van der Waals surface area contributed by atoms with Crippen molar-refractivity contribution in [3.05, 3.63) is 28.3 Å². The quantitative estimate of drug-likeness (QED) is 0.608. The van der Waals surface area contributed by atoms with Gasteiger partial charge in [0.15, 0.2) is 5.75 Å². The molecule has 0 radical (unpaired) electrons. The molecule has 2 rings (SSSR count). The Kier molecular flexibility index (Phi) is 4.57. The summed E-state index contributed by atoms with van der Waals surface area (Å²) in [6.07, 6.45) is 2.33. The first-order valence-corrected chi connectivity index (χ1v) is 6.47. The van der Waals surface area contributed by atoms with Crippen LogP contribution in [0.5, 0.6) is 5.75 Å². The third-order valence-electron chi connectivity index (χ3n) is 3.42. The van der Waals surface area contributed by atoms with Gasteiger partial charge in [-0.1, -0.05) is 0 Å². The Labute approximate surface area is 112 Å². The standard InChI is InChI=1S/C13H19N3O3/c1-19-13-8-11(2-3-12(13)16(17)18)15-7-5-10-4-6-14-9-10/h2-3,8,10,14-15H,4-7,9H2,1H3. The minimum atomic E-state index is -0.438. The molecule has 1 unspecified atom stereocenters. The van der Waals surface area contributed by atoms with Crippen LogP contribution in [0.15, 0.2) is 18.2 Å². The zero-order valence-corrected chi connectivity index (χ0v) is 11.0. The van der Waals surface area contributed by atoms with Gasteiger partial charge in [-0.15, -0.1) is 0 Å². The lowest BCUT2D eigenvalue weighted by atomic mass is 10.1. The molecule has 1 aliphatic heterocycles. The lowest BCUT2D eigenvalue weighted by Crippen LogP contribution is -2.12. The number of nitro benzene ring substituents is 1. The van der Waals surface area contributed by atoms with Gasteiger partial charge in [0.2, 0.25) is 0 Å². The van der Waals surface area contributed by atoms with E-state index in [2.05, 4.69) is 10.6 Å². The van der Waals surface area contributed by atoms with Crippen LogP contribution in [0.1, 0.15) is 12.8 Å². The van der Waals surface area contributed by atoms with Gasteiger partial charge in [0.05, 0.1) is 12.0 Å². The smallest absolute Gasteiger partial charge is 0.311 e. The fourth-order valence-electron chi connectivity index (χ4n) is 2.32. The first-order chi connectivity index (χ1) is 9.20. The van der Waals surface area contributed by atoms with E-state index < -0.39 is 4.92 Å². The molecule has 1 fully saturated rings. The molecule has 2 N–H and O–H groups in total. The molecule has 0 aromatic heterocycles. The van der Waals surface area contributed by atoms with Crippen LogP contribution < -0.4 is 15.4 Å². The predicted octanol–water partition coefficient (Wildman–Crippen LogP) is 2.01. The van der Waals surface area contributed by atoms with Gasteiger partial charge in [-0.2, -0.15) is 0 Å². The van der Waals surface area contributed by atoms with Crippen LogP contribution in [0.4, 0.5) is 11.4 Å². The molecular formula is C13H19N3O3. The summed E-state index contributed by atoms with van der Waals surface area (Å²) in [5.74, 6) is 1.02. The Balaban J connectivity index is 1.91. The van der Waals surface area contributed by atoms with E-state index in [1.54, 1.807) is 12.1 Å². The lowest BCUT2D eigenvalue weighted by Gasteiger charge is -2.11. The molecule has 6 nitrogen and oxygen atoms in total. The molecule has 0 spiro atoms. The second kappa shape index (κ2) is 6.38. The van der Waals surface area contributed by atoms with E-state index in [1.807, 2.05) is 0 Å². The largest absolute Gasteiger partial charge is 0.490 e. The second-order valence-electron chi connectivity index (χ2n) is 4.72. The Hall–Kier alpha value is -1.82. The third kappa shape index (κ3) is 3.57. The Morgan fingerprint density at radius 3 is 3.05 bits per heavy atom. The molecular weight excluding hydrogens is 246 g/mol. The molecule has 104 valence electrons. The highest BCUT2D eigenvalue weighted by molar-refractivity contribution is 5.57. The average Bonchev–Trinajstić information content (AvgIpc) is 2.91. The average molecular weight is 265 g/mol. The number of benzene rings is 1.